The van der Waals surface area contributed by atoms with E-state index >= 15 is 0 Å². The van der Waals surface area contributed by atoms with Crippen molar-refractivity contribution < 1.29 is 0 Å². The average molecular weight is 284 g/mol. The normalized spacial score (nSPS) is 17.6. The highest BCUT2D eigenvalue weighted by molar-refractivity contribution is 6.04. The van der Waals surface area contributed by atoms with Gasteiger partial charge in [0.2, 0.25) is 0 Å². The van der Waals surface area contributed by atoms with Crippen molar-refractivity contribution in [3.8, 4) is 0 Å². The van der Waals surface area contributed by atoms with E-state index in [4.69, 9.17) is 0 Å². The lowest BCUT2D eigenvalue weighted by Crippen LogP contribution is -1.92. The summed E-state index contributed by atoms with van der Waals surface area (Å²) >= 11 is 0. The highest BCUT2D eigenvalue weighted by Gasteiger charge is 1.94. The lowest BCUT2D eigenvalue weighted by atomic mass is 10.1. The summed E-state index contributed by atoms with van der Waals surface area (Å²) in [6, 6.07) is 0. The van der Waals surface area contributed by atoms with Crippen molar-refractivity contribution in [2.45, 2.75) is 0 Å². The Labute approximate surface area is 131 Å². The number of hydrogen-bond donors (Lipinski definition) is 0. The second kappa shape index (κ2) is 8.32. The molecule has 2 aliphatic rings. The van der Waals surface area contributed by atoms with Gasteiger partial charge in [0.1, 0.15) is 0 Å². The summed E-state index contributed by atoms with van der Waals surface area (Å²) in [6.45, 7) is 0. The van der Waals surface area contributed by atoms with E-state index in [9.17, 15) is 10.8 Å². The summed E-state index contributed by atoms with van der Waals surface area (Å²) in [5, 5.41) is 18.4. The SMILES string of the molecule is [N]=C1C=CC(=C/C=C/C=C/C=C/C=C2C=CC(=[N])C=C2)C=C1. The van der Waals surface area contributed by atoms with Gasteiger partial charge in [-0.2, -0.15) is 10.8 Å². The van der Waals surface area contributed by atoms with E-state index < -0.39 is 0 Å². The smallest absolute Gasteiger partial charge is 0.0857 e. The zero-order chi connectivity index (χ0) is 15.6. The van der Waals surface area contributed by atoms with Crippen LogP contribution >= 0.6 is 0 Å². The van der Waals surface area contributed by atoms with Crippen LogP contribution in [0.1, 0.15) is 0 Å². The third-order valence-corrected chi connectivity index (χ3v) is 2.92. The zero-order valence-corrected chi connectivity index (χ0v) is 12.1. The van der Waals surface area contributed by atoms with Crippen LogP contribution in [0.3, 0.4) is 0 Å². The lowest BCUT2D eigenvalue weighted by molar-refractivity contribution is 1.64. The fourth-order valence-corrected chi connectivity index (χ4v) is 1.76. The van der Waals surface area contributed by atoms with Crippen molar-refractivity contribution in [2.24, 2.45) is 0 Å². The molecule has 106 valence electrons. The molecule has 0 unspecified atom stereocenters. The standard InChI is InChI=1S/C20H16N2/c21-19-13-9-17(10-14-19)7-5-3-1-2-4-6-8-18-11-15-20(22)16-12-18/h1-16H/b2-1+,5-3+,6-4+. The van der Waals surface area contributed by atoms with Gasteiger partial charge in [0.05, 0.1) is 11.4 Å². The van der Waals surface area contributed by atoms with Crippen LogP contribution in [-0.2, 0) is 0 Å². The minimum Gasteiger partial charge on any atom is -0.151 e. The number of allylic oxidation sites excluding steroid dienone is 18. The highest BCUT2D eigenvalue weighted by atomic mass is 14.4. The van der Waals surface area contributed by atoms with Crippen molar-refractivity contribution in [3.05, 3.63) is 108 Å². The fraction of sp³-hybridized carbons (Fsp3) is 0. The van der Waals surface area contributed by atoms with Crippen molar-refractivity contribution in [2.75, 3.05) is 0 Å². The Balaban J connectivity index is 1.79. The number of nitrogens with zero attached hydrogens (tertiary/aromatic N) is 2. The predicted octanol–water partition coefficient (Wildman–Crippen LogP) is 3.24. The molecule has 0 N–H and O–H groups in total. The van der Waals surface area contributed by atoms with Crippen LogP contribution in [0.5, 0.6) is 0 Å². The molecule has 0 heterocycles. The Morgan fingerprint density at radius 3 is 1.14 bits per heavy atom. The third-order valence-electron chi connectivity index (χ3n) is 2.92. The molecule has 0 atom stereocenters. The van der Waals surface area contributed by atoms with E-state index in [0.29, 0.717) is 0 Å². The Morgan fingerprint density at radius 2 is 0.773 bits per heavy atom. The molecule has 0 aliphatic heterocycles. The Kier molecular flexibility index (Phi) is 5.82. The predicted molar refractivity (Wildman–Crippen MR) is 94.4 cm³/mol. The van der Waals surface area contributed by atoms with E-state index in [1.807, 2.05) is 72.9 Å². The molecule has 0 amide bonds. The van der Waals surface area contributed by atoms with E-state index in [2.05, 4.69) is 0 Å². The van der Waals surface area contributed by atoms with E-state index in [1.54, 1.807) is 24.3 Å². The van der Waals surface area contributed by atoms with Gasteiger partial charge in [0.25, 0.3) is 0 Å². The van der Waals surface area contributed by atoms with Crippen LogP contribution in [0.25, 0.3) is 0 Å². The van der Waals surface area contributed by atoms with Crippen LogP contribution in [0.15, 0.2) is 108 Å². The molecular weight excluding hydrogens is 268 g/mol. The zero-order valence-electron chi connectivity index (χ0n) is 12.1. The van der Waals surface area contributed by atoms with E-state index in [-0.39, 0.29) is 11.4 Å². The molecule has 2 nitrogen and oxygen atoms in total. The van der Waals surface area contributed by atoms with Gasteiger partial charge < -0.3 is 0 Å². The third kappa shape index (κ3) is 5.55. The molecule has 2 heteroatoms. The molecule has 0 bridgehead atoms. The van der Waals surface area contributed by atoms with Gasteiger partial charge in [0, 0.05) is 0 Å². The maximum atomic E-state index is 9.18. The summed E-state index contributed by atoms with van der Waals surface area (Å²) in [5.74, 6) is 0. The van der Waals surface area contributed by atoms with Crippen molar-refractivity contribution in [1.29, 1.82) is 0 Å². The molecule has 0 saturated heterocycles. The molecule has 2 rings (SSSR count). The Bertz CT molecular complexity index is 617. The van der Waals surface area contributed by atoms with Crippen LogP contribution < -0.4 is 10.8 Å². The van der Waals surface area contributed by atoms with Crippen LogP contribution in [0.4, 0.5) is 0 Å². The Hall–Kier alpha value is -3.00. The van der Waals surface area contributed by atoms with Crippen LogP contribution in [0, 0.1) is 0 Å². The van der Waals surface area contributed by atoms with Gasteiger partial charge >= 0.3 is 0 Å². The highest BCUT2D eigenvalue weighted by Crippen LogP contribution is 2.06. The first-order valence-corrected chi connectivity index (χ1v) is 7.00. The number of rotatable bonds is 4. The molecule has 0 spiro atoms. The summed E-state index contributed by atoms with van der Waals surface area (Å²) in [6.07, 6.45) is 29.7. The topological polar surface area (TPSA) is 44.6 Å². The van der Waals surface area contributed by atoms with Crippen LogP contribution in [-0.4, -0.2) is 11.4 Å². The maximum Gasteiger partial charge on any atom is 0.0857 e. The molecule has 0 aromatic heterocycles. The van der Waals surface area contributed by atoms with Crippen LogP contribution in [0.2, 0.25) is 0 Å². The van der Waals surface area contributed by atoms with E-state index in [0.717, 1.165) is 11.1 Å². The first-order chi connectivity index (χ1) is 10.7. The summed E-state index contributed by atoms with van der Waals surface area (Å²) in [7, 11) is 0. The molecule has 0 aromatic carbocycles. The van der Waals surface area contributed by atoms with Crippen molar-refractivity contribution in [1.82, 2.24) is 10.8 Å². The molecule has 2 radical (unpaired) electrons. The van der Waals surface area contributed by atoms with Gasteiger partial charge in [-0.3, -0.25) is 0 Å². The first-order valence-electron chi connectivity index (χ1n) is 7.00. The summed E-state index contributed by atoms with van der Waals surface area (Å²) in [5.41, 5.74) is 2.63. The monoisotopic (exact) mass is 284 g/mol. The maximum absolute atomic E-state index is 9.18. The molecule has 0 fully saturated rings. The second-order valence-electron chi connectivity index (χ2n) is 4.67. The summed E-state index contributed by atoms with van der Waals surface area (Å²) < 4.78 is 0. The van der Waals surface area contributed by atoms with Gasteiger partial charge in [-0.25, -0.2) is 0 Å². The molecule has 22 heavy (non-hydrogen) atoms. The molecule has 2 aliphatic carbocycles. The van der Waals surface area contributed by atoms with Crippen molar-refractivity contribution in [3.63, 3.8) is 0 Å². The second-order valence-corrected chi connectivity index (χ2v) is 4.67. The molecule has 0 aromatic rings. The first kappa shape index (κ1) is 15.4. The van der Waals surface area contributed by atoms with E-state index in [1.165, 1.54) is 0 Å². The number of hydrogen-bond acceptors (Lipinski definition) is 0. The average Bonchev–Trinajstić information content (AvgIpc) is 2.53. The summed E-state index contributed by atoms with van der Waals surface area (Å²) in [4.78, 5) is 0. The van der Waals surface area contributed by atoms with Gasteiger partial charge in [-0.1, -0.05) is 72.9 Å². The minimum atomic E-state index is 0.274. The van der Waals surface area contributed by atoms with Gasteiger partial charge in [-0.15, -0.1) is 0 Å². The molecule has 0 saturated carbocycles. The minimum absolute atomic E-state index is 0.274. The quantitative estimate of drug-likeness (QED) is 0.711. The van der Waals surface area contributed by atoms with Gasteiger partial charge in [-0.05, 0) is 35.5 Å². The molecular formula is C20H16N2. The van der Waals surface area contributed by atoms with Gasteiger partial charge in [0.15, 0.2) is 0 Å². The lowest BCUT2D eigenvalue weighted by Gasteiger charge is -1.97. The largest absolute Gasteiger partial charge is 0.151 e. The Morgan fingerprint density at radius 1 is 0.455 bits per heavy atom. The fourth-order valence-electron chi connectivity index (χ4n) is 1.76. The van der Waals surface area contributed by atoms with Crippen molar-refractivity contribution >= 4 is 11.4 Å².